The molecular weight excluding hydrogens is 492 g/mol. The quantitative estimate of drug-likeness (QED) is 0.451. The molecule has 2 aliphatic heterocycles. The number of thiazole rings is 1. The van der Waals surface area contributed by atoms with Gasteiger partial charge in [-0.25, -0.2) is 4.98 Å². The van der Waals surface area contributed by atoms with E-state index in [2.05, 4.69) is 51.2 Å². The van der Waals surface area contributed by atoms with E-state index in [0.717, 1.165) is 50.0 Å². The maximum atomic E-state index is 13.1. The molecule has 1 aromatic heterocycles. The number of amides is 2. The van der Waals surface area contributed by atoms with Crippen molar-refractivity contribution in [2.75, 3.05) is 77.4 Å². The van der Waals surface area contributed by atoms with Gasteiger partial charge in [0.1, 0.15) is 5.69 Å². The highest BCUT2D eigenvalue weighted by Crippen LogP contribution is 2.28. The van der Waals surface area contributed by atoms with Gasteiger partial charge in [0, 0.05) is 71.0 Å². The second kappa shape index (κ2) is 11.9. The zero-order valence-corrected chi connectivity index (χ0v) is 23.2. The molecule has 3 heterocycles. The van der Waals surface area contributed by atoms with Crippen molar-refractivity contribution >= 4 is 34.0 Å². The molecule has 2 aliphatic rings. The van der Waals surface area contributed by atoms with Crippen molar-refractivity contribution in [3.05, 3.63) is 40.4 Å². The summed E-state index contributed by atoms with van der Waals surface area (Å²) in [6, 6.07) is 5.67. The molecule has 10 nitrogen and oxygen atoms in total. The molecule has 0 bridgehead atoms. The van der Waals surface area contributed by atoms with Crippen molar-refractivity contribution in [3.63, 3.8) is 0 Å². The molecule has 1 aromatic carbocycles. The number of methoxy groups -OCH3 is 2. The second-order valence-electron chi connectivity index (χ2n) is 10.3. The van der Waals surface area contributed by atoms with Gasteiger partial charge in [-0.1, -0.05) is 6.07 Å². The minimum atomic E-state index is -0.342. The normalized spacial score (nSPS) is 18.5. The Hall–Kier alpha value is -2.57. The molecule has 0 spiro atoms. The van der Waals surface area contributed by atoms with E-state index in [0.29, 0.717) is 30.1 Å². The molecule has 0 saturated carbocycles. The third-order valence-corrected chi connectivity index (χ3v) is 7.88. The Morgan fingerprint density at radius 2 is 1.97 bits per heavy atom. The van der Waals surface area contributed by atoms with Gasteiger partial charge < -0.3 is 29.9 Å². The van der Waals surface area contributed by atoms with Crippen LogP contribution in [0.5, 0.6) is 0 Å². The van der Waals surface area contributed by atoms with Crippen molar-refractivity contribution in [1.29, 1.82) is 0 Å². The molecule has 11 heteroatoms. The standard InChI is InChI=1S/C26H38N6O4S/c1-26(2)17-30(3)9-10-32(26)13-18-6-7-21(20(12-18)23(33)27-8-11-35-4)28-24(34)22-16-37-25(29-22)31-14-19(15-31)36-5/h6-7,12,16,19H,8-11,13-15,17H2,1-5H3,(H,27,33)(H,28,34). The smallest absolute Gasteiger partial charge is 0.275 e. The monoisotopic (exact) mass is 530 g/mol. The predicted octanol–water partition coefficient (Wildman–Crippen LogP) is 2.13. The molecule has 2 fully saturated rings. The minimum Gasteiger partial charge on any atom is -0.383 e. The summed E-state index contributed by atoms with van der Waals surface area (Å²) in [6.07, 6.45) is 0.204. The number of nitrogens with zero attached hydrogens (tertiary/aromatic N) is 4. The predicted molar refractivity (Wildman–Crippen MR) is 146 cm³/mol. The van der Waals surface area contributed by atoms with Crippen molar-refractivity contribution in [1.82, 2.24) is 20.1 Å². The molecule has 4 rings (SSSR count). The van der Waals surface area contributed by atoms with E-state index in [1.54, 1.807) is 19.6 Å². The minimum absolute atomic E-state index is 0.0167. The van der Waals surface area contributed by atoms with Gasteiger partial charge in [-0.3, -0.25) is 14.5 Å². The summed E-state index contributed by atoms with van der Waals surface area (Å²) in [5.74, 6) is -0.595. The largest absolute Gasteiger partial charge is 0.383 e. The molecule has 0 unspecified atom stereocenters. The van der Waals surface area contributed by atoms with Gasteiger partial charge >= 0.3 is 0 Å². The van der Waals surface area contributed by atoms with Gasteiger partial charge in [0.15, 0.2) is 5.13 Å². The Morgan fingerprint density at radius 3 is 2.68 bits per heavy atom. The first-order valence-corrected chi connectivity index (χ1v) is 13.5. The Balaban J connectivity index is 1.50. The third kappa shape index (κ3) is 6.66. The number of benzene rings is 1. The van der Waals surface area contributed by atoms with Crippen molar-refractivity contribution in [2.45, 2.75) is 32.0 Å². The number of hydrogen-bond acceptors (Lipinski definition) is 9. The van der Waals surface area contributed by atoms with Gasteiger partial charge in [-0.15, -0.1) is 11.3 Å². The summed E-state index contributed by atoms with van der Waals surface area (Å²) in [5.41, 5.74) is 2.25. The number of ether oxygens (including phenoxy) is 2. The molecule has 0 aliphatic carbocycles. The van der Waals surface area contributed by atoms with E-state index in [1.807, 2.05) is 18.2 Å². The van der Waals surface area contributed by atoms with Crippen molar-refractivity contribution in [2.24, 2.45) is 0 Å². The van der Waals surface area contributed by atoms with Crippen LogP contribution in [0.15, 0.2) is 23.6 Å². The van der Waals surface area contributed by atoms with Gasteiger partial charge in [0.2, 0.25) is 0 Å². The molecule has 202 valence electrons. The molecule has 37 heavy (non-hydrogen) atoms. The number of piperazine rings is 1. The Labute approximate surface area is 222 Å². The fourth-order valence-electron chi connectivity index (χ4n) is 4.74. The number of likely N-dealkylation sites (N-methyl/N-ethyl adjacent to an activating group) is 1. The highest BCUT2D eigenvalue weighted by atomic mass is 32.1. The first kappa shape index (κ1) is 27.5. The number of hydrogen-bond donors (Lipinski definition) is 2. The van der Waals surface area contributed by atoms with Crippen LogP contribution in [0.3, 0.4) is 0 Å². The average molecular weight is 531 g/mol. The van der Waals surface area contributed by atoms with Crippen molar-refractivity contribution < 1.29 is 19.1 Å². The second-order valence-corrected chi connectivity index (χ2v) is 11.2. The summed E-state index contributed by atoms with van der Waals surface area (Å²) in [5, 5.41) is 8.33. The lowest BCUT2D eigenvalue weighted by molar-refractivity contribution is 0.0254. The number of aromatic nitrogens is 1. The molecule has 2 N–H and O–H groups in total. The average Bonchev–Trinajstić information content (AvgIpc) is 3.31. The van der Waals surface area contributed by atoms with Gasteiger partial charge in [0.25, 0.3) is 11.8 Å². The van der Waals surface area contributed by atoms with Crippen LogP contribution in [0.4, 0.5) is 10.8 Å². The van der Waals surface area contributed by atoms with Gasteiger partial charge in [-0.2, -0.15) is 0 Å². The van der Waals surface area contributed by atoms with E-state index in [4.69, 9.17) is 9.47 Å². The molecule has 0 atom stereocenters. The number of carbonyl (C=O) groups is 2. The number of carbonyl (C=O) groups excluding carboxylic acids is 2. The lowest BCUT2D eigenvalue weighted by Gasteiger charge is -2.46. The third-order valence-electron chi connectivity index (χ3n) is 6.98. The highest BCUT2D eigenvalue weighted by molar-refractivity contribution is 7.14. The summed E-state index contributed by atoms with van der Waals surface area (Å²) in [7, 11) is 5.43. The molecule has 0 radical (unpaired) electrons. The first-order valence-electron chi connectivity index (χ1n) is 12.6. The molecule has 2 amide bonds. The fourth-order valence-corrected chi connectivity index (χ4v) is 5.57. The summed E-state index contributed by atoms with van der Waals surface area (Å²) < 4.78 is 10.4. The Morgan fingerprint density at radius 1 is 1.19 bits per heavy atom. The molecule has 2 saturated heterocycles. The molecular formula is C26H38N6O4S. The SMILES string of the molecule is COCCNC(=O)c1cc(CN2CCN(C)CC2(C)C)ccc1NC(=O)c1csc(N2CC(OC)C2)n1. The topological polar surface area (TPSA) is 99.3 Å². The lowest BCUT2D eigenvalue weighted by atomic mass is 9.97. The van der Waals surface area contributed by atoms with E-state index < -0.39 is 0 Å². The maximum Gasteiger partial charge on any atom is 0.275 e. The number of rotatable bonds is 10. The van der Waals surface area contributed by atoms with Crippen molar-refractivity contribution in [3.8, 4) is 0 Å². The first-order chi connectivity index (χ1) is 17.7. The van der Waals surface area contributed by atoms with Crippen LogP contribution in [-0.2, 0) is 16.0 Å². The molecule has 2 aromatic rings. The maximum absolute atomic E-state index is 13.1. The van der Waals surface area contributed by atoms with Crippen LogP contribution in [-0.4, -0.2) is 105 Å². The van der Waals surface area contributed by atoms with Gasteiger partial charge in [0.05, 0.1) is 24.0 Å². The zero-order chi connectivity index (χ0) is 26.6. The van der Waals surface area contributed by atoms with E-state index >= 15 is 0 Å². The lowest BCUT2D eigenvalue weighted by Crippen LogP contribution is -2.57. The van der Waals surface area contributed by atoms with Gasteiger partial charge in [-0.05, 0) is 38.6 Å². The Kier molecular flexibility index (Phi) is 8.81. The number of nitrogens with one attached hydrogen (secondary N) is 2. The fraction of sp³-hybridized carbons (Fsp3) is 0.577. The van der Waals surface area contributed by atoms with Crippen LogP contribution in [0.2, 0.25) is 0 Å². The highest BCUT2D eigenvalue weighted by Gasteiger charge is 2.32. The van der Waals surface area contributed by atoms with Crippen LogP contribution >= 0.6 is 11.3 Å². The summed E-state index contributed by atoms with van der Waals surface area (Å²) in [6.45, 7) is 10.5. The van der Waals surface area contributed by atoms with Crippen LogP contribution in [0, 0.1) is 0 Å². The van der Waals surface area contributed by atoms with E-state index in [9.17, 15) is 9.59 Å². The summed E-state index contributed by atoms with van der Waals surface area (Å²) >= 11 is 1.43. The van der Waals surface area contributed by atoms with Crippen LogP contribution < -0.4 is 15.5 Å². The van der Waals surface area contributed by atoms with Crippen LogP contribution in [0.1, 0.15) is 40.3 Å². The Bertz CT molecular complexity index is 1100. The van der Waals surface area contributed by atoms with Crippen LogP contribution in [0.25, 0.3) is 0 Å². The van der Waals surface area contributed by atoms with E-state index in [1.165, 1.54) is 11.3 Å². The number of anilines is 2. The van der Waals surface area contributed by atoms with E-state index in [-0.39, 0.29) is 23.5 Å². The zero-order valence-electron chi connectivity index (χ0n) is 22.4. The summed E-state index contributed by atoms with van der Waals surface area (Å²) in [4.78, 5) is 37.5.